The van der Waals surface area contributed by atoms with Crippen molar-refractivity contribution in [1.82, 2.24) is 0 Å². The van der Waals surface area contributed by atoms with E-state index in [-0.39, 0.29) is 11.6 Å². The summed E-state index contributed by atoms with van der Waals surface area (Å²) >= 11 is 0. The van der Waals surface area contributed by atoms with Crippen LogP contribution in [-0.2, 0) is 4.79 Å². The zero-order valence-electron chi connectivity index (χ0n) is 8.01. The van der Waals surface area contributed by atoms with Crippen molar-refractivity contribution in [2.75, 3.05) is 11.9 Å². The molecule has 2 N–H and O–H groups in total. The van der Waals surface area contributed by atoms with E-state index in [4.69, 9.17) is 5.73 Å². The first-order valence-electron chi connectivity index (χ1n) is 4.34. The Hall–Kier alpha value is -1.95. The molecule has 0 radical (unpaired) electrons. The van der Waals surface area contributed by atoms with Crippen LogP contribution in [0.3, 0.4) is 0 Å². The number of nitrogens with zero attached hydrogens (tertiary/aromatic N) is 2. The predicted octanol–water partition coefficient (Wildman–Crippen LogP) is 0.571. The summed E-state index contributed by atoms with van der Waals surface area (Å²) in [7, 11) is 1.60. The Labute approximate surface area is 85.4 Å². The minimum absolute atomic E-state index is 0.0488. The number of non-ortho nitro benzene ring substituents is 1. The summed E-state index contributed by atoms with van der Waals surface area (Å²) < 4.78 is 0. The number of carbonyl (C=O) groups excluding carboxylic acids is 1. The maximum absolute atomic E-state index is 11.5. The van der Waals surface area contributed by atoms with Gasteiger partial charge in [0, 0.05) is 30.4 Å². The molecule has 1 heterocycles. The Bertz CT molecular complexity index is 458. The average molecular weight is 207 g/mol. The minimum atomic E-state index is -0.787. The van der Waals surface area contributed by atoms with Gasteiger partial charge in [0.2, 0.25) is 5.91 Å². The molecule has 78 valence electrons. The van der Waals surface area contributed by atoms with E-state index in [0.29, 0.717) is 11.3 Å². The number of anilines is 1. The molecule has 1 aromatic rings. The highest BCUT2D eigenvalue weighted by atomic mass is 16.6. The van der Waals surface area contributed by atoms with Gasteiger partial charge < -0.3 is 10.6 Å². The summed E-state index contributed by atoms with van der Waals surface area (Å²) in [5.41, 5.74) is 6.73. The van der Waals surface area contributed by atoms with Crippen LogP contribution >= 0.6 is 0 Å². The smallest absolute Gasteiger partial charge is 0.269 e. The van der Waals surface area contributed by atoms with Crippen molar-refractivity contribution in [2.45, 2.75) is 6.04 Å². The summed E-state index contributed by atoms with van der Waals surface area (Å²) in [6.45, 7) is 0. The SMILES string of the molecule is CN1C(=O)C(N)c2cc([N+](=O)[O-])ccc21. The lowest BCUT2D eigenvalue weighted by atomic mass is 10.1. The van der Waals surface area contributed by atoms with Crippen LogP contribution in [0, 0.1) is 10.1 Å². The van der Waals surface area contributed by atoms with Crippen LogP contribution < -0.4 is 10.6 Å². The molecule has 0 aliphatic carbocycles. The molecule has 0 saturated heterocycles. The van der Waals surface area contributed by atoms with Gasteiger partial charge in [0.25, 0.3) is 5.69 Å². The third-order valence-electron chi connectivity index (χ3n) is 2.51. The van der Waals surface area contributed by atoms with E-state index < -0.39 is 11.0 Å². The Balaban J connectivity index is 2.56. The Morgan fingerprint density at radius 3 is 2.80 bits per heavy atom. The van der Waals surface area contributed by atoms with Crippen LogP contribution in [0.1, 0.15) is 11.6 Å². The topological polar surface area (TPSA) is 89.5 Å². The van der Waals surface area contributed by atoms with Crippen LogP contribution in [0.25, 0.3) is 0 Å². The predicted molar refractivity (Wildman–Crippen MR) is 53.4 cm³/mol. The Morgan fingerprint density at radius 1 is 1.53 bits per heavy atom. The number of carbonyl (C=O) groups is 1. The fourth-order valence-corrected chi connectivity index (χ4v) is 1.67. The molecule has 0 bridgehead atoms. The van der Waals surface area contributed by atoms with Gasteiger partial charge in [0.15, 0.2) is 0 Å². The van der Waals surface area contributed by atoms with Gasteiger partial charge in [-0.1, -0.05) is 0 Å². The number of rotatable bonds is 1. The second-order valence-corrected chi connectivity index (χ2v) is 3.38. The number of hydrogen-bond acceptors (Lipinski definition) is 4. The molecule has 0 spiro atoms. The first kappa shape index (κ1) is 9.60. The standard InChI is InChI=1S/C9H9N3O3/c1-11-7-3-2-5(12(14)15)4-6(7)8(10)9(11)13/h2-4,8H,10H2,1H3. The van der Waals surface area contributed by atoms with Gasteiger partial charge in [-0.3, -0.25) is 14.9 Å². The van der Waals surface area contributed by atoms with E-state index in [1.54, 1.807) is 7.05 Å². The van der Waals surface area contributed by atoms with E-state index >= 15 is 0 Å². The normalized spacial score (nSPS) is 19.2. The van der Waals surface area contributed by atoms with Gasteiger partial charge >= 0.3 is 0 Å². The fourth-order valence-electron chi connectivity index (χ4n) is 1.67. The van der Waals surface area contributed by atoms with Gasteiger partial charge in [0.05, 0.1) is 4.92 Å². The van der Waals surface area contributed by atoms with Crippen molar-refractivity contribution < 1.29 is 9.72 Å². The molecule has 0 fully saturated rings. The number of nitro groups is 1. The number of nitro benzene ring substituents is 1. The second-order valence-electron chi connectivity index (χ2n) is 3.38. The van der Waals surface area contributed by atoms with Crippen LogP contribution in [0.15, 0.2) is 18.2 Å². The zero-order valence-corrected chi connectivity index (χ0v) is 8.01. The van der Waals surface area contributed by atoms with Crippen LogP contribution in [-0.4, -0.2) is 17.9 Å². The van der Waals surface area contributed by atoms with E-state index in [9.17, 15) is 14.9 Å². The summed E-state index contributed by atoms with van der Waals surface area (Å²) in [5.74, 6) is -0.245. The third kappa shape index (κ3) is 1.26. The lowest BCUT2D eigenvalue weighted by Gasteiger charge is -2.08. The molecule has 1 aliphatic rings. The van der Waals surface area contributed by atoms with Crippen LogP contribution in [0.4, 0.5) is 11.4 Å². The van der Waals surface area contributed by atoms with E-state index in [1.807, 2.05) is 0 Å². The minimum Gasteiger partial charge on any atom is -0.316 e. The fraction of sp³-hybridized carbons (Fsp3) is 0.222. The highest BCUT2D eigenvalue weighted by Crippen LogP contribution is 2.35. The number of benzene rings is 1. The molecular weight excluding hydrogens is 198 g/mol. The maximum Gasteiger partial charge on any atom is 0.269 e. The van der Waals surface area contributed by atoms with Gasteiger partial charge in [0.1, 0.15) is 6.04 Å². The highest BCUT2D eigenvalue weighted by Gasteiger charge is 2.33. The molecule has 6 nitrogen and oxygen atoms in total. The van der Waals surface area contributed by atoms with Crippen LogP contribution in [0.2, 0.25) is 0 Å². The van der Waals surface area contributed by atoms with Crippen molar-refractivity contribution in [3.63, 3.8) is 0 Å². The molecule has 15 heavy (non-hydrogen) atoms. The molecule has 1 aliphatic heterocycles. The molecule has 2 rings (SSSR count). The molecule has 0 saturated carbocycles. The van der Waals surface area contributed by atoms with Crippen molar-refractivity contribution in [3.8, 4) is 0 Å². The molecule has 6 heteroatoms. The van der Waals surface area contributed by atoms with E-state index in [2.05, 4.69) is 0 Å². The average Bonchev–Trinajstić information content (AvgIpc) is 2.44. The summed E-state index contributed by atoms with van der Waals surface area (Å²) in [4.78, 5) is 22.9. The number of nitrogens with two attached hydrogens (primary N) is 1. The van der Waals surface area contributed by atoms with Crippen molar-refractivity contribution in [2.24, 2.45) is 5.73 Å². The quantitative estimate of drug-likeness (QED) is 0.538. The number of hydrogen-bond donors (Lipinski definition) is 1. The zero-order chi connectivity index (χ0) is 11.2. The Morgan fingerprint density at radius 2 is 2.20 bits per heavy atom. The molecular formula is C9H9N3O3. The van der Waals surface area contributed by atoms with Crippen molar-refractivity contribution in [1.29, 1.82) is 0 Å². The van der Waals surface area contributed by atoms with Gasteiger partial charge in [-0.15, -0.1) is 0 Å². The summed E-state index contributed by atoms with van der Waals surface area (Å²) in [6.07, 6.45) is 0. The maximum atomic E-state index is 11.5. The largest absolute Gasteiger partial charge is 0.316 e. The van der Waals surface area contributed by atoms with Gasteiger partial charge in [-0.2, -0.15) is 0 Å². The van der Waals surface area contributed by atoms with Gasteiger partial charge in [-0.05, 0) is 6.07 Å². The van der Waals surface area contributed by atoms with Crippen molar-refractivity contribution in [3.05, 3.63) is 33.9 Å². The van der Waals surface area contributed by atoms with Crippen LogP contribution in [0.5, 0.6) is 0 Å². The second kappa shape index (κ2) is 3.03. The molecule has 1 amide bonds. The Kier molecular flexibility index (Phi) is 1.94. The van der Waals surface area contributed by atoms with Crippen molar-refractivity contribution >= 4 is 17.3 Å². The monoisotopic (exact) mass is 207 g/mol. The summed E-state index contributed by atoms with van der Waals surface area (Å²) in [5, 5.41) is 10.5. The van der Waals surface area contributed by atoms with Gasteiger partial charge in [-0.25, -0.2) is 0 Å². The number of fused-ring (bicyclic) bond motifs is 1. The lowest BCUT2D eigenvalue weighted by Crippen LogP contribution is -2.27. The third-order valence-corrected chi connectivity index (χ3v) is 2.51. The highest BCUT2D eigenvalue weighted by molar-refractivity contribution is 6.04. The van der Waals surface area contributed by atoms with E-state index in [0.717, 1.165) is 0 Å². The number of amides is 1. The first-order valence-corrected chi connectivity index (χ1v) is 4.34. The number of likely N-dealkylation sites (N-methyl/N-ethyl adjacent to an activating group) is 1. The lowest BCUT2D eigenvalue weighted by molar-refractivity contribution is -0.384. The van der Waals surface area contributed by atoms with E-state index in [1.165, 1.54) is 23.1 Å². The first-order chi connectivity index (χ1) is 7.02. The summed E-state index contributed by atoms with van der Waals surface area (Å²) in [6, 6.07) is 3.46. The molecule has 1 unspecified atom stereocenters. The molecule has 1 aromatic carbocycles. The molecule has 0 aromatic heterocycles. The molecule has 1 atom stereocenters.